The van der Waals surface area contributed by atoms with Gasteiger partial charge in [0, 0.05) is 24.2 Å². The minimum absolute atomic E-state index is 0.177. The zero-order valence-electron chi connectivity index (χ0n) is 9.98. The maximum absolute atomic E-state index is 12.3. The molecule has 17 heavy (non-hydrogen) atoms. The molecule has 1 aromatic rings. The Labute approximate surface area is 102 Å². The van der Waals surface area contributed by atoms with Crippen molar-refractivity contribution in [2.75, 3.05) is 19.6 Å². The Morgan fingerprint density at radius 1 is 1.24 bits per heavy atom. The minimum atomic E-state index is 0.177. The van der Waals surface area contributed by atoms with Gasteiger partial charge in [-0.3, -0.25) is 4.79 Å². The average Bonchev–Trinajstić information content (AvgIpc) is 3.01. The van der Waals surface area contributed by atoms with Gasteiger partial charge in [-0.25, -0.2) is 0 Å². The molecule has 1 N–H and O–H groups in total. The van der Waals surface area contributed by atoms with Crippen LogP contribution in [0.1, 0.15) is 29.6 Å². The van der Waals surface area contributed by atoms with E-state index in [9.17, 15) is 4.79 Å². The number of hydrogen-bond acceptors (Lipinski definition) is 2. The van der Waals surface area contributed by atoms with Crippen molar-refractivity contribution in [3.8, 4) is 0 Å². The average molecular weight is 230 g/mol. The number of nitrogens with one attached hydrogen (secondary N) is 1. The van der Waals surface area contributed by atoms with Crippen LogP contribution < -0.4 is 5.32 Å². The van der Waals surface area contributed by atoms with Crippen LogP contribution >= 0.6 is 0 Å². The molecular weight excluding hydrogens is 212 g/mol. The fourth-order valence-electron chi connectivity index (χ4n) is 3.03. The largest absolute Gasteiger partial charge is 0.337 e. The molecule has 0 aliphatic carbocycles. The second kappa shape index (κ2) is 4.15. The molecule has 2 aliphatic heterocycles. The van der Waals surface area contributed by atoms with E-state index in [1.54, 1.807) is 0 Å². The quantitative estimate of drug-likeness (QED) is 0.795. The third kappa shape index (κ3) is 1.95. The number of hydrogen-bond donors (Lipinski definition) is 1. The summed E-state index contributed by atoms with van der Waals surface area (Å²) in [4.78, 5) is 14.3. The molecule has 3 rings (SSSR count). The lowest BCUT2D eigenvalue weighted by molar-refractivity contribution is 0.0782. The summed E-state index contributed by atoms with van der Waals surface area (Å²) in [6, 6.07) is 9.59. The highest BCUT2D eigenvalue weighted by atomic mass is 16.2. The van der Waals surface area contributed by atoms with Crippen molar-refractivity contribution in [1.82, 2.24) is 10.2 Å². The van der Waals surface area contributed by atoms with E-state index in [1.807, 2.05) is 35.2 Å². The molecule has 0 saturated carbocycles. The molecule has 3 nitrogen and oxygen atoms in total. The fraction of sp³-hybridized carbons (Fsp3) is 0.500. The van der Waals surface area contributed by atoms with Crippen LogP contribution in [-0.2, 0) is 0 Å². The predicted octanol–water partition coefficient (Wildman–Crippen LogP) is 1.65. The molecule has 1 atom stereocenters. The van der Waals surface area contributed by atoms with E-state index in [0.29, 0.717) is 0 Å². The van der Waals surface area contributed by atoms with Gasteiger partial charge in [0.1, 0.15) is 0 Å². The molecule has 0 radical (unpaired) electrons. The molecule has 2 fully saturated rings. The number of amides is 1. The highest BCUT2D eigenvalue weighted by Crippen LogP contribution is 2.30. The van der Waals surface area contributed by atoms with Crippen LogP contribution in [0.5, 0.6) is 0 Å². The van der Waals surface area contributed by atoms with Gasteiger partial charge in [-0.1, -0.05) is 18.2 Å². The normalized spacial score (nSPS) is 27.9. The number of carbonyl (C=O) groups is 1. The fourth-order valence-corrected chi connectivity index (χ4v) is 3.03. The second-order valence-electron chi connectivity index (χ2n) is 5.15. The van der Waals surface area contributed by atoms with Gasteiger partial charge in [0.2, 0.25) is 0 Å². The Balaban J connectivity index is 1.73. The summed E-state index contributed by atoms with van der Waals surface area (Å²) in [5.41, 5.74) is 1.03. The van der Waals surface area contributed by atoms with Gasteiger partial charge in [0.05, 0.1) is 0 Å². The van der Waals surface area contributed by atoms with Crippen LogP contribution in [0.25, 0.3) is 0 Å². The van der Waals surface area contributed by atoms with Gasteiger partial charge in [-0.05, 0) is 37.9 Å². The Kier molecular flexibility index (Phi) is 2.63. The molecule has 90 valence electrons. The third-order valence-corrected chi connectivity index (χ3v) is 3.99. The van der Waals surface area contributed by atoms with Crippen molar-refractivity contribution in [2.45, 2.75) is 24.8 Å². The van der Waals surface area contributed by atoms with Gasteiger partial charge in [0.15, 0.2) is 0 Å². The summed E-state index contributed by atoms with van der Waals surface area (Å²) in [7, 11) is 0. The Morgan fingerprint density at radius 3 is 2.76 bits per heavy atom. The number of likely N-dealkylation sites (tertiary alicyclic amines) is 1. The first-order chi connectivity index (χ1) is 8.29. The lowest BCUT2D eigenvalue weighted by atomic mass is 9.97. The number of nitrogens with zero attached hydrogens (tertiary/aromatic N) is 1. The van der Waals surface area contributed by atoms with E-state index in [4.69, 9.17) is 0 Å². The molecule has 2 saturated heterocycles. The van der Waals surface area contributed by atoms with Crippen LogP contribution in [0.2, 0.25) is 0 Å². The summed E-state index contributed by atoms with van der Waals surface area (Å²) in [6.45, 7) is 2.87. The van der Waals surface area contributed by atoms with Crippen molar-refractivity contribution in [2.24, 2.45) is 0 Å². The standard InChI is InChI=1S/C14H18N2O/c17-13(12-5-2-1-3-6-12)16-10-8-14(11-16)7-4-9-15-14/h1-3,5-6,15H,4,7-11H2. The van der Waals surface area contributed by atoms with E-state index in [0.717, 1.165) is 31.6 Å². The van der Waals surface area contributed by atoms with Crippen molar-refractivity contribution >= 4 is 5.91 Å². The van der Waals surface area contributed by atoms with Crippen molar-refractivity contribution in [1.29, 1.82) is 0 Å². The lowest BCUT2D eigenvalue weighted by Crippen LogP contribution is -2.43. The maximum Gasteiger partial charge on any atom is 0.253 e. The van der Waals surface area contributed by atoms with Gasteiger partial charge >= 0.3 is 0 Å². The summed E-state index contributed by atoms with van der Waals surface area (Å²) in [6.07, 6.45) is 3.56. The Hall–Kier alpha value is -1.35. The molecule has 1 aromatic carbocycles. The molecular formula is C14H18N2O. The number of carbonyl (C=O) groups excluding carboxylic acids is 1. The monoisotopic (exact) mass is 230 g/mol. The van der Waals surface area contributed by atoms with Crippen molar-refractivity contribution < 1.29 is 4.79 Å². The van der Waals surface area contributed by atoms with Crippen molar-refractivity contribution in [3.63, 3.8) is 0 Å². The van der Waals surface area contributed by atoms with E-state index < -0.39 is 0 Å². The van der Waals surface area contributed by atoms with Crippen LogP contribution in [-0.4, -0.2) is 36.0 Å². The molecule has 3 heteroatoms. The predicted molar refractivity (Wildman–Crippen MR) is 66.9 cm³/mol. The topological polar surface area (TPSA) is 32.3 Å². The van der Waals surface area contributed by atoms with Gasteiger partial charge in [-0.15, -0.1) is 0 Å². The zero-order chi connectivity index (χ0) is 11.7. The van der Waals surface area contributed by atoms with Gasteiger partial charge < -0.3 is 10.2 Å². The zero-order valence-corrected chi connectivity index (χ0v) is 9.98. The SMILES string of the molecule is O=C(c1ccccc1)N1CCC2(CCCN2)C1. The molecule has 1 spiro atoms. The number of rotatable bonds is 1. The second-order valence-corrected chi connectivity index (χ2v) is 5.15. The van der Waals surface area contributed by atoms with E-state index in [-0.39, 0.29) is 11.4 Å². The molecule has 0 bridgehead atoms. The molecule has 0 aromatic heterocycles. The Bertz CT molecular complexity index is 409. The van der Waals surface area contributed by atoms with E-state index >= 15 is 0 Å². The summed E-state index contributed by atoms with van der Waals surface area (Å²) in [5.74, 6) is 0.177. The van der Waals surface area contributed by atoms with Gasteiger partial charge in [-0.2, -0.15) is 0 Å². The van der Waals surface area contributed by atoms with Crippen LogP contribution in [0.3, 0.4) is 0 Å². The van der Waals surface area contributed by atoms with Crippen molar-refractivity contribution in [3.05, 3.63) is 35.9 Å². The first-order valence-electron chi connectivity index (χ1n) is 6.39. The third-order valence-electron chi connectivity index (χ3n) is 3.99. The number of benzene rings is 1. The van der Waals surface area contributed by atoms with Crippen LogP contribution in [0.4, 0.5) is 0 Å². The molecule has 2 aliphatic rings. The summed E-state index contributed by atoms with van der Waals surface area (Å²) >= 11 is 0. The summed E-state index contributed by atoms with van der Waals surface area (Å²) < 4.78 is 0. The van der Waals surface area contributed by atoms with Crippen LogP contribution in [0, 0.1) is 0 Å². The van der Waals surface area contributed by atoms with Crippen LogP contribution in [0.15, 0.2) is 30.3 Å². The highest BCUT2D eigenvalue weighted by Gasteiger charge is 2.41. The Morgan fingerprint density at radius 2 is 2.06 bits per heavy atom. The minimum Gasteiger partial charge on any atom is -0.337 e. The summed E-state index contributed by atoms with van der Waals surface area (Å²) in [5, 5.41) is 3.57. The highest BCUT2D eigenvalue weighted by molar-refractivity contribution is 5.94. The first kappa shape index (κ1) is 10.8. The molecule has 1 unspecified atom stereocenters. The van der Waals surface area contributed by atoms with E-state index in [2.05, 4.69) is 5.32 Å². The maximum atomic E-state index is 12.3. The molecule has 1 amide bonds. The van der Waals surface area contributed by atoms with E-state index in [1.165, 1.54) is 12.8 Å². The smallest absolute Gasteiger partial charge is 0.253 e. The lowest BCUT2D eigenvalue weighted by Gasteiger charge is -2.24. The van der Waals surface area contributed by atoms with Gasteiger partial charge in [0.25, 0.3) is 5.91 Å². The molecule has 2 heterocycles. The first-order valence-corrected chi connectivity index (χ1v) is 6.39.